The third-order valence-electron chi connectivity index (χ3n) is 4.22. The lowest BCUT2D eigenvalue weighted by atomic mass is 10.1. The van der Waals surface area contributed by atoms with Crippen LogP contribution in [-0.2, 0) is 17.8 Å². The maximum atomic E-state index is 12.2. The quantitative estimate of drug-likeness (QED) is 0.560. The number of carbonyl (C=O) groups is 1. The summed E-state index contributed by atoms with van der Waals surface area (Å²) in [6, 6.07) is 19.2. The Bertz CT molecular complexity index is 1150. The molecule has 5 nitrogen and oxygen atoms in total. The maximum Gasteiger partial charge on any atom is 0.253 e. The van der Waals surface area contributed by atoms with Gasteiger partial charge in [-0.05, 0) is 17.5 Å². The summed E-state index contributed by atoms with van der Waals surface area (Å²) in [6.45, 7) is 0.189. The van der Waals surface area contributed by atoms with Crippen molar-refractivity contribution in [3.63, 3.8) is 0 Å². The first kappa shape index (κ1) is 17.2. The molecule has 0 atom stereocenters. The van der Waals surface area contributed by atoms with E-state index in [1.165, 1.54) is 11.3 Å². The molecule has 0 aliphatic rings. The summed E-state index contributed by atoms with van der Waals surface area (Å²) in [5.41, 5.74) is 2.90. The van der Waals surface area contributed by atoms with Crippen molar-refractivity contribution in [1.82, 2.24) is 15.3 Å². The highest BCUT2D eigenvalue weighted by Crippen LogP contribution is 2.23. The van der Waals surface area contributed by atoms with Crippen LogP contribution in [0.1, 0.15) is 11.3 Å². The molecule has 1 amide bonds. The van der Waals surface area contributed by atoms with Crippen molar-refractivity contribution in [1.29, 1.82) is 0 Å². The zero-order valence-corrected chi connectivity index (χ0v) is 15.3. The second-order valence-corrected chi connectivity index (χ2v) is 7.03. The predicted octanol–water partition coefficient (Wildman–Crippen LogP) is 3.51. The fraction of sp³-hybridized carbons (Fsp3) is 0.0952. The largest absolute Gasteiger partial charge is 0.351 e. The first-order valence-corrected chi connectivity index (χ1v) is 9.44. The van der Waals surface area contributed by atoms with Crippen LogP contribution < -0.4 is 10.9 Å². The number of benzene rings is 2. The molecular formula is C21H17N3O2S. The fourth-order valence-electron chi connectivity index (χ4n) is 2.85. The monoisotopic (exact) mass is 375 g/mol. The minimum atomic E-state index is -0.186. The number of aromatic nitrogens is 2. The molecule has 4 aromatic rings. The van der Waals surface area contributed by atoms with E-state index in [2.05, 4.69) is 15.3 Å². The smallest absolute Gasteiger partial charge is 0.253 e. The molecule has 4 rings (SSSR count). The van der Waals surface area contributed by atoms with E-state index < -0.39 is 0 Å². The molecule has 0 bridgehead atoms. The second-order valence-electron chi connectivity index (χ2n) is 6.17. The Hall–Kier alpha value is -3.25. The van der Waals surface area contributed by atoms with E-state index in [1.54, 1.807) is 0 Å². The minimum Gasteiger partial charge on any atom is -0.351 e. The summed E-state index contributed by atoms with van der Waals surface area (Å²) < 4.78 is 0. The molecule has 0 saturated heterocycles. The van der Waals surface area contributed by atoms with Gasteiger partial charge in [0.2, 0.25) is 5.91 Å². The zero-order valence-electron chi connectivity index (χ0n) is 14.4. The molecule has 2 heterocycles. The topological polar surface area (TPSA) is 74.8 Å². The number of thiazole rings is 1. The molecule has 0 unspecified atom stereocenters. The van der Waals surface area contributed by atoms with Crippen LogP contribution in [0.3, 0.4) is 0 Å². The normalized spacial score (nSPS) is 10.8. The van der Waals surface area contributed by atoms with Gasteiger partial charge >= 0.3 is 0 Å². The molecule has 0 aliphatic heterocycles. The molecule has 0 aliphatic carbocycles. The number of carbonyl (C=O) groups excluding carboxylic acids is 1. The van der Waals surface area contributed by atoms with Crippen LogP contribution in [-0.4, -0.2) is 15.9 Å². The number of aromatic amines is 1. The Kier molecular flexibility index (Phi) is 4.80. The van der Waals surface area contributed by atoms with Crippen molar-refractivity contribution in [3.8, 4) is 10.6 Å². The number of rotatable bonds is 5. The van der Waals surface area contributed by atoms with E-state index in [9.17, 15) is 9.59 Å². The van der Waals surface area contributed by atoms with Crippen LogP contribution in [0.4, 0.5) is 0 Å². The van der Waals surface area contributed by atoms with Gasteiger partial charge in [-0.1, -0.05) is 48.5 Å². The van der Waals surface area contributed by atoms with Crippen molar-refractivity contribution in [2.45, 2.75) is 13.0 Å². The van der Waals surface area contributed by atoms with E-state index in [0.29, 0.717) is 5.56 Å². The highest BCUT2D eigenvalue weighted by atomic mass is 32.1. The van der Waals surface area contributed by atoms with Crippen LogP contribution in [0.25, 0.3) is 21.5 Å². The first-order chi connectivity index (χ1) is 13.2. The second kappa shape index (κ2) is 7.55. The van der Waals surface area contributed by atoms with Crippen LogP contribution >= 0.6 is 11.3 Å². The predicted molar refractivity (Wildman–Crippen MR) is 108 cm³/mol. The van der Waals surface area contributed by atoms with Crippen molar-refractivity contribution in [3.05, 3.63) is 87.7 Å². The van der Waals surface area contributed by atoms with E-state index >= 15 is 0 Å². The van der Waals surface area contributed by atoms with E-state index in [-0.39, 0.29) is 24.4 Å². The lowest BCUT2D eigenvalue weighted by molar-refractivity contribution is -0.120. The van der Waals surface area contributed by atoms with Gasteiger partial charge in [0.25, 0.3) is 5.56 Å². The van der Waals surface area contributed by atoms with Gasteiger partial charge in [0, 0.05) is 28.6 Å². The highest BCUT2D eigenvalue weighted by Gasteiger charge is 2.10. The molecule has 0 saturated carbocycles. The molecule has 6 heteroatoms. The van der Waals surface area contributed by atoms with Crippen molar-refractivity contribution < 1.29 is 4.79 Å². The molecule has 2 N–H and O–H groups in total. The number of para-hydroxylation sites is 1. The summed E-state index contributed by atoms with van der Waals surface area (Å²) in [5, 5.41) is 6.53. The molecule has 2 aromatic carbocycles. The standard InChI is InChI=1S/C21H17N3O2S/c25-19(11-17-13-27-21(23-17)14-6-2-1-3-7-14)22-12-16-10-15-8-4-5-9-18(15)24-20(16)26/h1-10,13H,11-12H2,(H,22,25)(H,24,26). The van der Waals surface area contributed by atoms with Gasteiger partial charge in [0.1, 0.15) is 5.01 Å². The first-order valence-electron chi connectivity index (χ1n) is 8.56. The lowest BCUT2D eigenvalue weighted by Crippen LogP contribution is -2.28. The Labute approximate surface area is 159 Å². The summed E-state index contributed by atoms with van der Waals surface area (Å²) >= 11 is 1.52. The number of hydrogen-bond acceptors (Lipinski definition) is 4. The molecule has 134 valence electrons. The molecular weight excluding hydrogens is 358 g/mol. The molecule has 27 heavy (non-hydrogen) atoms. The van der Waals surface area contributed by atoms with E-state index in [1.807, 2.05) is 66.0 Å². The number of nitrogens with one attached hydrogen (secondary N) is 2. The van der Waals surface area contributed by atoms with Crippen LogP contribution in [0.15, 0.2) is 70.8 Å². The number of fused-ring (bicyclic) bond motifs is 1. The summed E-state index contributed by atoms with van der Waals surface area (Å²) in [4.78, 5) is 31.8. The van der Waals surface area contributed by atoms with Gasteiger partial charge in [-0.15, -0.1) is 11.3 Å². The Balaban J connectivity index is 1.41. The van der Waals surface area contributed by atoms with Crippen molar-refractivity contribution in [2.75, 3.05) is 0 Å². The van der Waals surface area contributed by atoms with Gasteiger partial charge in [0.05, 0.1) is 12.1 Å². The van der Waals surface area contributed by atoms with E-state index in [0.717, 1.165) is 27.2 Å². The SMILES string of the molecule is O=C(Cc1csc(-c2ccccc2)n1)NCc1cc2ccccc2[nH]c1=O. The van der Waals surface area contributed by atoms with Gasteiger partial charge in [0.15, 0.2) is 0 Å². The third-order valence-corrected chi connectivity index (χ3v) is 5.16. The van der Waals surface area contributed by atoms with E-state index in [4.69, 9.17) is 0 Å². The zero-order chi connectivity index (χ0) is 18.6. The molecule has 2 aromatic heterocycles. The summed E-state index contributed by atoms with van der Waals surface area (Å²) in [6.07, 6.45) is 0.189. The maximum absolute atomic E-state index is 12.2. The minimum absolute atomic E-state index is 0.160. The van der Waals surface area contributed by atoms with Gasteiger partial charge < -0.3 is 10.3 Å². The number of nitrogens with zero attached hydrogens (tertiary/aromatic N) is 1. The van der Waals surface area contributed by atoms with Crippen LogP contribution in [0.5, 0.6) is 0 Å². The number of amides is 1. The summed E-state index contributed by atoms with van der Waals surface area (Å²) in [5.74, 6) is -0.160. The van der Waals surface area contributed by atoms with Crippen molar-refractivity contribution in [2.24, 2.45) is 0 Å². The Morgan fingerprint density at radius 3 is 2.70 bits per heavy atom. The van der Waals surface area contributed by atoms with Gasteiger partial charge in [-0.3, -0.25) is 9.59 Å². The summed E-state index contributed by atoms with van der Waals surface area (Å²) in [7, 11) is 0. The number of H-pyrrole nitrogens is 1. The van der Waals surface area contributed by atoms with Gasteiger partial charge in [-0.2, -0.15) is 0 Å². The van der Waals surface area contributed by atoms with Crippen molar-refractivity contribution >= 4 is 28.1 Å². The average molecular weight is 375 g/mol. The Morgan fingerprint density at radius 2 is 1.85 bits per heavy atom. The van der Waals surface area contributed by atoms with Crippen LogP contribution in [0.2, 0.25) is 0 Å². The average Bonchev–Trinajstić information content (AvgIpc) is 3.15. The number of pyridine rings is 1. The molecule has 0 radical (unpaired) electrons. The Morgan fingerprint density at radius 1 is 1.07 bits per heavy atom. The molecule has 0 fully saturated rings. The third kappa shape index (κ3) is 3.96. The number of hydrogen-bond donors (Lipinski definition) is 2. The van der Waals surface area contributed by atoms with Crippen LogP contribution in [0, 0.1) is 0 Å². The molecule has 0 spiro atoms. The lowest BCUT2D eigenvalue weighted by Gasteiger charge is -2.05. The highest BCUT2D eigenvalue weighted by molar-refractivity contribution is 7.13. The fourth-order valence-corrected chi connectivity index (χ4v) is 3.67. The van der Waals surface area contributed by atoms with Gasteiger partial charge in [-0.25, -0.2) is 4.98 Å².